The van der Waals surface area contributed by atoms with Crippen LogP contribution in [0, 0.1) is 0 Å². The van der Waals surface area contributed by atoms with Gasteiger partial charge in [-0.3, -0.25) is 9.13 Å². The first-order valence-corrected chi connectivity index (χ1v) is 7.35. The standard InChI is InChI=1S/C16H20N2O3/c1-21-13-7-2-5-12(11-13)6-3-10-18-15(19)14-8-4-9-17(14)16(18)20/h2,5,7,11,19H,3-4,6,8-10H2,1H3. The third-order valence-electron chi connectivity index (χ3n) is 4.08. The Morgan fingerprint density at radius 2 is 2.24 bits per heavy atom. The molecule has 1 aromatic carbocycles. The van der Waals surface area contributed by atoms with Crippen LogP contribution in [0.2, 0.25) is 0 Å². The van der Waals surface area contributed by atoms with Crippen LogP contribution in [0.5, 0.6) is 11.6 Å². The third kappa shape index (κ3) is 2.55. The lowest BCUT2D eigenvalue weighted by Crippen LogP contribution is -2.23. The van der Waals surface area contributed by atoms with Gasteiger partial charge in [-0.15, -0.1) is 0 Å². The zero-order valence-corrected chi connectivity index (χ0v) is 12.2. The van der Waals surface area contributed by atoms with Crippen LogP contribution >= 0.6 is 0 Å². The highest BCUT2D eigenvalue weighted by molar-refractivity contribution is 5.28. The molecular weight excluding hydrogens is 268 g/mol. The van der Waals surface area contributed by atoms with Gasteiger partial charge >= 0.3 is 5.69 Å². The normalized spacial score (nSPS) is 13.4. The zero-order valence-electron chi connectivity index (χ0n) is 12.2. The molecule has 2 aromatic rings. The van der Waals surface area contributed by atoms with Gasteiger partial charge in [0.1, 0.15) is 5.75 Å². The second-order valence-electron chi connectivity index (χ2n) is 5.41. The molecule has 0 amide bonds. The monoisotopic (exact) mass is 288 g/mol. The number of ether oxygens (including phenoxy) is 1. The average Bonchev–Trinajstić information content (AvgIpc) is 3.07. The Kier molecular flexibility index (Phi) is 3.73. The number of hydrogen-bond donors (Lipinski definition) is 1. The molecule has 0 bridgehead atoms. The van der Waals surface area contributed by atoms with Crippen LogP contribution in [0.1, 0.15) is 24.1 Å². The molecule has 21 heavy (non-hydrogen) atoms. The topological polar surface area (TPSA) is 56.4 Å². The van der Waals surface area contributed by atoms with Gasteiger partial charge in [0.2, 0.25) is 5.88 Å². The van der Waals surface area contributed by atoms with Gasteiger partial charge in [-0.05, 0) is 43.4 Å². The van der Waals surface area contributed by atoms with Crippen molar-refractivity contribution in [3.63, 3.8) is 0 Å². The second-order valence-corrected chi connectivity index (χ2v) is 5.41. The van der Waals surface area contributed by atoms with E-state index in [1.54, 1.807) is 11.7 Å². The first-order chi connectivity index (χ1) is 10.2. The molecule has 112 valence electrons. The van der Waals surface area contributed by atoms with Gasteiger partial charge in [0, 0.05) is 13.1 Å². The minimum atomic E-state index is -0.0781. The van der Waals surface area contributed by atoms with E-state index in [0.717, 1.165) is 43.7 Å². The number of methoxy groups -OCH3 is 1. The largest absolute Gasteiger partial charge is 0.497 e. The van der Waals surface area contributed by atoms with Gasteiger partial charge in [-0.2, -0.15) is 0 Å². The van der Waals surface area contributed by atoms with E-state index in [2.05, 4.69) is 0 Å². The summed E-state index contributed by atoms with van der Waals surface area (Å²) in [5, 5.41) is 10.1. The Labute approximate surface area is 123 Å². The third-order valence-corrected chi connectivity index (χ3v) is 4.08. The van der Waals surface area contributed by atoms with Crippen LogP contribution in [-0.4, -0.2) is 21.4 Å². The smallest absolute Gasteiger partial charge is 0.331 e. The molecule has 1 aliphatic rings. The minimum Gasteiger partial charge on any atom is -0.497 e. The highest BCUT2D eigenvalue weighted by atomic mass is 16.5. The molecule has 3 rings (SSSR count). The van der Waals surface area contributed by atoms with Gasteiger partial charge in [0.15, 0.2) is 0 Å². The fourth-order valence-corrected chi connectivity index (χ4v) is 2.98. The van der Waals surface area contributed by atoms with E-state index in [4.69, 9.17) is 4.74 Å². The Balaban J connectivity index is 1.67. The van der Waals surface area contributed by atoms with Crippen LogP contribution in [-0.2, 0) is 25.9 Å². The molecule has 0 saturated heterocycles. The molecular formula is C16H20N2O3. The first kappa shape index (κ1) is 13.8. The Bertz CT molecular complexity index is 700. The van der Waals surface area contributed by atoms with Gasteiger partial charge in [-0.1, -0.05) is 12.1 Å². The minimum absolute atomic E-state index is 0.0781. The van der Waals surface area contributed by atoms with Crippen LogP contribution in [0.4, 0.5) is 0 Å². The Morgan fingerprint density at radius 1 is 1.38 bits per heavy atom. The highest BCUT2D eigenvalue weighted by Gasteiger charge is 2.22. The number of hydrogen-bond acceptors (Lipinski definition) is 3. The molecule has 1 aliphatic heterocycles. The van der Waals surface area contributed by atoms with E-state index in [1.165, 1.54) is 10.1 Å². The maximum atomic E-state index is 12.2. The number of aromatic hydroxyl groups is 1. The highest BCUT2D eigenvalue weighted by Crippen LogP contribution is 2.23. The maximum absolute atomic E-state index is 12.2. The van der Waals surface area contributed by atoms with Crippen molar-refractivity contribution in [1.29, 1.82) is 0 Å². The van der Waals surface area contributed by atoms with E-state index in [0.29, 0.717) is 6.54 Å². The molecule has 0 radical (unpaired) electrons. The molecule has 5 heteroatoms. The number of benzene rings is 1. The Hall–Kier alpha value is -2.17. The molecule has 0 saturated carbocycles. The summed E-state index contributed by atoms with van der Waals surface area (Å²) >= 11 is 0. The number of aryl methyl sites for hydroxylation is 1. The quantitative estimate of drug-likeness (QED) is 0.915. The molecule has 0 atom stereocenters. The van der Waals surface area contributed by atoms with Crippen molar-refractivity contribution in [2.24, 2.45) is 0 Å². The lowest BCUT2D eigenvalue weighted by Gasteiger charge is -2.06. The van der Waals surface area contributed by atoms with E-state index in [9.17, 15) is 9.90 Å². The van der Waals surface area contributed by atoms with Crippen molar-refractivity contribution < 1.29 is 9.84 Å². The van der Waals surface area contributed by atoms with Gasteiger partial charge in [0.05, 0.1) is 12.8 Å². The molecule has 2 heterocycles. The van der Waals surface area contributed by atoms with E-state index in [-0.39, 0.29) is 11.6 Å². The van der Waals surface area contributed by atoms with Crippen molar-refractivity contribution in [2.45, 2.75) is 38.8 Å². The van der Waals surface area contributed by atoms with Gasteiger partial charge < -0.3 is 9.84 Å². The summed E-state index contributed by atoms with van der Waals surface area (Å²) in [6.07, 6.45) is 3.40. The van der Waals surface area contributed by atoms with Crippen LogP contribution in [0.15, 0.2) is 29.1 Å². The first-order valence-electron chi connectivity index (χ1n) is 7.35. The van der Waals surface area contributed by atoms with Crippen molar-refractivity contribution in [1.82, 2.24) is 9.13 Å². The Morgan fingerprint density at radius 3 is 3.00 bits per heavy atom. The van der Waals surface area contributed by atoms with Crippen molar-refractivity contribution in [2.75, 3.05) is 7.11 Å². The van der Waals surface area contributed by atoms with Crippen LogP contribution in [0.25, 0.3) is 0 Å². The van der Waals surface area contributed by atoms with E-state index >= 15 is 0 Å². The number of fused-ring (bicyclic) bond motifs is 1. The predicted molar refractivity (Wildman–Crippen MR) is 80.0 cm³/mol. The number of rotatable bonds is 5. The predicted octanol–water partition coefficient (Wildman–Crippen LogP) is 1.94. The summed E-state index contributed by atoms with van der Waals surface area (Å²) in [6.45, 7) is 1.27. The average molecular weight is 288 g/mol. The summed E-state index contributed by atoms with van der Waals surface area (Å²) < 4.78 is 8.39. The molecule has 0 aliphatic carbocycles. The lowest BCUT2D eigenvalue weighted by molar-refractivity contribution is 0.403. The molecule has 1 aromatic heterocycles. The molecule has 0 spiro atoms. The summed E-state index contributed by atoms with van der Waals surface area (Å²) in [5.41, 5.74) is 1.89. The zero-order chi connectivity index (χ0) is 14.8. The SMILES string of the molecule is COc1cccc(CCCn2c(O)c3n(c2=O)CCC3)c1. The summed E-state index contributed by atoms with van der Waals surface area (Å²) in [4.78, 5) is 12.2. The summed E-state index contributed by atoms with van der Waals surface area (Å²) in [6, 6.07) is 7.93. The number of nitrogens with zero attached hydrogens (tertiary/aromatic N) is 2. The lowest BCUT2D eigenvalue weighted by atomic mass is 10.1. The summed E-state index contributed by atoms with van der Waals surface area (Å²) in [5.74, 6) is 0.999. The van der Waals surface area contributed by atoms with E-state index in [1.807, 2.05) is 24.3 Å². The molecule has 1 N–H and O–H groups in total. The van der Waals surface area contributed by atoms with Crippen LogP contribution in [0.3, 0.4) is 0 Å². The number of imidazole rings is 1. The maximum Gasteiger partial charge on any atom is 0.331 e. The molecule has 0 unspecified atom stereocenters. The van der Waals surface area contributed by atoms with Crippen molar-refractivity contribution >= 4 is 0 Å². The fourth-order valence-electron chi connectivity index (χ4n) is 2.98. The molecule has 0 fully saturated rings. The fraction of sp³-hybridized carbons (Fsp3) is 0.438. The number of aromatic nitrogens is 2. The van der Waals surface area contributed by atoms with E-state index < -0.39 is 0 Å². The second kappa shape index (κ2) is 5.68. The van der Waals surface area contributed by atoms with Gasteiger partial charge in [-0.25, -0.2) is 4.79 Å². The van der Waals surface area contributed by atoms with Crippen molar-refractivity contribution in [3.05, 3.63) is 46.0 Å². The van der Waals surface area contributed by atoms with Crippen molar-refractivity contribution in [3.8, 4) is 11.6 Å². The van der Waals surface area contributed by atoms with Crippen LogP contribution < -0.4 is 10.4 Å². The summed E-state index contributed by atoms with van der Waals surface area (Å²) in [7, 11) is 1.65. The molecule has 5 nitrogen and oxygen atoms in total. The van der Waals surface area contributed by atoms with Gasteiger partial charge in [0.25, 0.3) is 0 Å².